The first-order valence-electron chi connectivity index (χ1n) is 19.8. The molecule has 0 aliphatic carbocycles. The van der Waals surface area contributed by atoms with Gasteiger partial charge in [-0.2, -0.15) is 0 Å². The number of rotatable bonds is 6. The molecule has 4 bridgehead atoms. The van der Waals surface area contributed by atoms with Crippen LogP contribution in [-0.2, 0) is 33.8 Å². The summed E-state index contributed by atoms with van der Waals surface area (Å²) >= 11 is 0. The van der Waals surface area contributed by atoms with Crippen LogP contribution >= 0.6 is 0 Å². The number of ether oxygens (including phenoxy) is 2. The number of nitrogens with one attached hydrogen (secondary N) is 3. The largest absolute Gasteiger partial charge is 0.508 e. The molecule has 11 heteroatoms. The van der Waals surface area contributed by atoms with Gasteiger partial charge in [-0.3, -0.25) is 9.59 Å². The quantitative estimate of drug-likeness (QED) is 0.0944. The molecule has 0 spiro atoms. The fourth-order valence-electron chi connectivity index (χ4n) is 8.43. The van der Waals surface area contributed by atoms with E-state index in [4.69, 9.17) is 9.47 Å². The third-order valence-corrected chi connectivity index (χ3v) is 11.5. The number of aliphatic hydroxyl groups is 1. The number of aliphatic hydroxyl groups excluding tert-OH is 1. The van der Waals surface area contributed by atoms with Crippen LogP contribution in [0.1, 0.15) is 85.7 Å². The first-order chi connectivity index (χ1) is 27.6. The first-order valence-corrected chi connectivity index (χ1v) is 19.8. The molecule has 4 unspecified atom stereocenters. The molecule has 7 rings (SSSR count). The van der Waals surface area contributed by atoms with Gasteiger partial charge in [0.1, 0.15) is 23.5 Å². The summed E-state index contributed by atoms with van der Waals surface area (Å²) < 4.78 is 13.3. The van der Waals surface area contributed by atoms with Gasteiger partial charge in [0.25, 0.3) is 0 Å². The molecule has 0 saturated heterocycles. The van der Waals surface area contributed by atoms with Gasteiger partial charge in [-0.25, -0.2) is 0 Å². The van der Waals surface area contributed by atoms with E-state index < -0.39 is 18.1 Å². The molecule has 2 aliphatic heterocycles. The molecule has 5 aromatic rings. The molecule has 0 fully saturated rings. The third kappa shape index (κ3) is 9.05. The van der Waals surface area contributed by atoms with Crippen molar-refractivity contribution in [2.75, 3.05) is 19.0 Å². The average Bonchev–Trinajstić information content (AvgIpc) is 3.85. The fraction of sp³-hybridized carbons (Fsp3) is 0.348. The number of aromatic hydroxyl groups is 2. The number of allylic oxidation sites excluding steroid dienone is 2. The molecule has 11 nitrogen and oxygen atoms in total. The van der Waals surface area contributed by atoms with E-state index in [1.54, 1.807) is 24.3 Å². The minimum absolute atomic E-state index is 0.0119. The smallest absolute Gasteiger partial charge is 0.302 e. The Labute approximate surface area is 333 Å². The Bertz CT molecular complexity index is 2300. The molecule has 4 heterocycles. The zero-order valence-corrected chi connectivity index (χ0v) is 32.8. The maximum absolute atomic E-state index is 14.1. The number of phenolic OH excluding ortho intramolecular Hbond substituents is 2. The Morgan fingerprint density at radius 2 is 1.74 bits per heavy atom. The number of esters is 1. The Balaban J connectivity index is 1.35. The van der Waals surface area contributed by atoms with Crippen LogP contribution in [0.4, 0.5) is 5.69 Å². The van der Waals surface area contributed by atoms with E-state index >= 15 is 0 Å². The number of benzene rings is 3. The Hall–Kier alpha value is -5.94. The van der Waals surface area contributed by atoms with Gasteiger partial charge in [-0.15, -0.1) is 0 Å². The molecule has 3 aromatic carbocycles. The highest BCUT2D eigenvalue weighted by atomic mass is 16.5. The molecule has 57 heavy (non-hydrogen) atoms. The van der Waals surface area contributed by atoms with Gasteiger partial charge in [-0.1, -0.05) is 43.7 Å². The van der Waals surface area contributed by atoms with Crippen molar-refractivity contribution in [3.63, 3.8) is 0 Å². The molecule has 298 valence electrons. The van der Waals surface area contributed by atoms with Crippen molar-refractivity contribution in [3.05, 3.63) is 131 Å². The van der Waals surface area contributed by atoms with Crippen molar-refractivity contribution in [3.8, 4) is 17.2 Å². The van der Waals surface area contributed by atoms with Gasteiger partial charge >= 0.3 is 5.97 Å². The van der Waals surface area contributed by atoms with Gasteiger partial charge < -0.3 is 45.0 Å². The number of carbonyl (C=O) groups excluding carboxylic acids is 2. The van der Waals surface area contributed by atoms with Gasteiger partial charge in [0.2, 0.25) is 0 Å². The number of ketones is 1. The van der Waals surface area contributed by atoms with E-state index in [2.05, 4.69) is 53.2 Å². The number of methoxy groups -OCH3 is 1. The van der Waals surface area contributed by atoms with Gasteiger partial charge in [0.05, 0.1) is 19.8 Å². The number of dihydropyridines is 1. The zero-order valence-electron chi connectivity index (χ0n) is 32.8. The highest BCUT2D eigenvalue weighted by Gasteiger charge is 2.27. The lowest BCUT2D eigenvalue weighted by Crippen LogP contribution is -2.25. The van der Waals surface area contributed by atoms with Crippen LogP contribution in [0.25, 0.3) is 10.8 Å². The van der Waals surface area contributed by atoms with Crippen molar-refractivity contribution in [2.45, 2.75) is 83.5 Å². The molecule has 0 radical (unpaired) electrons. The molecule has 6 N–H and O–H groups in total. The van der Waals surface area contributed by atoms with Crippen molar-refractivity contribution in [1.29, 1.82) is 0 Å². The molecule has 2 aliphatic rings. The van der Waals surface area contributed by atoms with Crippen LogP contribution in [0.2, 0.25) is 0 Å². The first kappa shape index (κ1) is 39.3. The van der Waals surface area contributed by atoms with E-state index in [-0.39, 0.29) is 54.3 Å². The maximum atomic E-state index is 14.1. The number of fused-ring (bicyclic) bond motifs is 3. The number of hydrogen-bond acceptors (Lipinski definition) is 9. The lowest BCUT2D eigenvalue weighted by atomic mass is 9.82. The van der Waals surface area contributed by atoms with Crippen LogP contribution in [-0.4, -0.2) is 56.4 Å². The van der Waals surface area contributed by atoms with E-state index in [9.17, 15) is 24.9 Å². The number of carbonyl (C=O) groups is 2. The Morgan fingerprint density at radius 3 is 2.49 bits per heavy atom. The summed E-state index contributed by atoms with van der Waals surface area (Å²) in [6.07, 6.45) is 15.7. The monoisotopic (exact) mass is 772 g/mol. The van der Waals surface area contributed by atoms with Crippen LogP contribution in [0.15, 0.2) is 103 Å². The predicted octanol–water partition coefficient (Wildman–Crippen LogP) is 7.92. The summed E-state index contributed by atoms with van der Waals surface area (Å²) in [6.45, 7) is 3.97. The molecule has 4 atom stereocenters. The third-order valence-electron chi connectivity index (χ3n) is 11.5. The van der Waals surface area contributed by atoms with E-state index in [0.29, 0.717) is 19.4 Å². The van der Waals surface area contributed by atoms with Crippen molar-refractivity contribution in [1.82, 2.24) is 14.9 Å². The van der Waals surface area contributed by atoms with Crippen LogP contribution in [0.5, 0.6) is 17.2 Å². The van der Waals surface area contributed by atoms with Gasteiger partial charge in [-0.05, 0) is 101 Å². The van der Waals surface area contributed by atoms with Crippen LogP contribution < -0.4 is 15.4 Å². The highest BCUT2D eigenvalue weighted by molar-refractivity contribution is 5.97. The molecule has 2 aromatic heterocycles. The standard InChI is InChI=1S/C46H52N4O7/c1-4-29-8-11-38(57-28(2)52)21-37(54)22-43(32-10-13-44(55)45(19-32)56-3)50-25-40-33(27-51)9-12-42(41(40)26-50)49-46-20-31(14-15-48-46)39(30-6-5-7-36(53)17-30)18-35-24-47-23-34(35)16-29/h5-7,9-10,12-14,17,19-20,23-26,29,38-39,43,47-49,51,53,55H,4,8,11,15-16,18,21-22,27H2,1-3H3. The number of hydrogen-bond donors (Lipinski definition) is 6. The van der Waals surface area contributed by atoms with Crippen LogP contribution in [0, 0.1) is 5.92 Å². The SMILES string of the molecule is CCC1CCC(OC(C)=O)CC(=O)CC(c2ccc(O)c(OC)c2)n2cc3c(CO)ccc(c3c2)NC2=CC(=CCN2)C(c2cccc(O)c2)Cc2c[nH]cc2C1. The van der Waals surface area contributed by atoms with E-state index in [0.717, 1.165) is 63.8 Å². The molecular formula is C46H52N4O7. The summed E-state index contributed by atoms with van der Waals surface area (Å²) in [4.78, 5) is 29.8. The highest BCUT2D eigenvalue weighted by Crippen LogP contribution is 2.38. The summed E-state index contributed by atoms with van der Waals surface area (Å²) in [5.74, 6) is 1.03. The number of anilines is 1. The maximum Gasteiger partial charge on any atom is 0.302 e. The second kappa shape index (κ2) is 17.5. The van der Waals surface area contributed by atoms with Gasteiger partial charge in [0.15, 0.2) is 11.5 Å². The topological polar surface area (TPSA) is 158 Å². The van der Waals surface area contributed by atoms with E-state index in [1.165, 1.54) is 25.2 Å². The lowest BCUT2D eigenvalue weighted by Gasteiger charge is -2.25. The normalized spacial score (nSPS) is 20.7. The van der Waals surface area contributed by atoms with Gasteiger partial charge in [0, 0.05) is 73.5 Å². The van der Waals surface area contributed by atoms with Crippen molar-refractivity contribution < 1.29 is 34.4 Å². The summed E-state index contributed by atoms with van der Waals surface area (Å²) in [7, 11) is 1.49. The molecule has 0 saturated carbocycles. The number of aromatic nitrogens is 2. The summed E-state index contributed by atoms with van der Waals surface area (Å²) in [5, 5.41) is 40.3. The predicted molar refractivity (Wildman–Crippen MR) is 220 cm³/mol. The summed E-state index contributed by atoms with van der Waals surface area (Å²) in [5.41, 5.74) is 6.82. The Kier molecular flexibility index (Phi) is 12.0. The second-order valence-corrected chi connectivity index (χ2v) is 15.3. The second-order valence-electron chi connectivity index (χ2n) is 15.3. The lowest BCUT2D eigenvalue weighted by molar-refractivity contribution is -0.148. The van der Waals surface area contributed by atoms with Crippen molar-refractivity contribution in [2.24, 2.45) is 5.92 Å². The minimum Gasteiger partial charge on any atom is -0.508 e. The molecule has 0 amide bonds. The number of phenols is 2. The number of aromatic amines is 1. The van der Waals surface area contributed by atoms with Crippen LogP contribution in [0.3, 0.4) is 0 Å². The van der Waals surface area contributed by atoms with E-state index in [1.807, 2.05) is 41.2 Å². The fourth-order valence-corrected chi connectivity index (χ4v) is 8.43. The average molecular weight is 773 g/mol. The zero-order chi connectivity index (χ0) is 40.1. The minimum atomic E-state index is -0.583. The van der Waals surface area contributed by atoms with Crippen molar-refractivity contribution >= 4 is 28.2 Å². The number of H-pyrrole nitrogens is 1. The summed E-state index contributed by atoms with van der Waals surface area (Å²) in [6, 6.07) is 15.9. The number of nitrogens with zero attached hydrogens (tertiary/aromatic N) is 1. The number of Topliss-reactive ketones (excluding diaryl/α,β-unsaturated/α-hetero) is 1. The molecular weight excluding hydrogens is 721 g/mol. The Morgan fingerprint density at radius 1 is 0.930 bits per heavy atom.